The Balaban J connectivity index is 1.72. The molecule has 0 aromatic heterocycles. The van der Waals surface area contributed by atoms with Crippen LogP contribution in [0.15, 0.2) is 0 Å². The fraction of sp³-hybridized carbons (Fsp3) is 0.846. The van der Waals surface area contributed by atoms with Crippen LogP contribution < -0.4 is 5.32 Å². The van der Waals surface area contributed by atoms with E-state index in [1.807, 2.05) is 4.90 Å². The van der Waals surface area contributed by atoms with Crippen LogP contribution in [-0.2, 0) is 9.59 Å². The molecular formula is C13H23N3O2. The lowest BCUT2D eigenvalue weighted by Crippen LogP contribution is -2.49. The summed E-state index contributed by atoms with van der Waals surface area (Å²) >= 11 is 0. The Morgan fingerprint density at radius 3 is 2.50 bits per heavy atom. The number of piperazine rings is 1. The zero-order chi connectivity index (χ0) is 13.0. The maximum atomic E-state index is 12.0. The molecular weight excluding hydrogens is 230 g/mol. The summed E-state index contributed by atoms with van der Waals surface area (Å²) in [5, 5.41) is 3.21. The summed E-state index contributed by atoms with van der Waals surface area (Å²) in [6, 6.07) is 0. The molecule has 1 aliphatic heterocycles. The van der Waals surface area contributed by atoms with Crippen molar-refractivity contribution in [3.8, 4) is 0 Å². The van der Waals surface area contributed by atoms with Gasteiger partial charge in [0.25, 0.3) is 0 Å². The predicted octanol–water partition coefficient (Wildman–Crippen LogP) is 0.0668. The first-order chi connectivity index (χ1) is 8.66. The van der Waals surface area contributed by atoms with Crippen molar-refractivity contribution in [2.45, 2.75) is 25.7 Å². The third-order valence-corrected chi connectivity index (χ3v) is 3.96. The summed E-state index contributed by atoms with van der Waals surface area (Å²) in [5.41, 5.74) is 0. The van der Waals surface area contributed by atoms with Gasteiger partial charge in [-0.3, -0.25) is 9.59 Å². The van der Waals surface area contributed by atoms with E-state index in [1.165, 1.54) is 19.3 Å². The molecule has 0 radical (unpaired) electrons. The molecule has 0 bridgehead atoms. The Labute approximate surface area is 108 Å². The molecule has 0 unspecified atom stereocenters. The quantitative estimate of drug-likeness (QED) is 0.771. The van der Waals surface area contributed by atoms with Crippen LogP contribution in [0.25, 0.3) is 0 Å². The molecule has 1 aliphatic carbocycles. The van der Waals surface area contributed by atoms with E-state index in [2.05, 4.69) is 5.32 Å². The lowest BCUT2D eigenvalue weighted by Gasteiger charge is -2.30. The second kappa shape index (κ2) is 6.18. The number of likely N-dealkylation sites (N-methyl/N-ethyl adjacent to an activating group) is 1. The van der Waals surface area contributed by atoms with Crippen molar-refractivity contribution < 1.29 is 9.59 Å². The zero-order valence-corrected chi connectivity index (χ0v) is 11.2. The average molecular weight is 253 g/mol. The highest BCUT2D eigenvalue weighted by molar-refractivity contribution is 5.84. The van der Waals surface area contributed by atoms with Crippen molar-refractivity contribution in [3.63, 3.8) is 0 Å². The average Bonchev–Trinajstić information content (AvgIpc) is 2.34. The van der Waals surface area contributed by atoms with E-state index in [4.69, 9.17) is 0 Å². The highest BCUT2D eigenvalue weighted by atomic mass is 16.2. The van der Waals surface area contributed by atoms with Gasteiger partial charge in [0.2, 0.25) is 11.8 Å². The maximum Gasteiger partial charge on any atom is 0.242 e. The third-order valence-electron chi connectivity index (χ3n) is 3.96. The lowest BCUT2D eigenvalue weighted by molar-refractivity contribution is -0.140. The van der Waals surface area contributed by atoms with Crippen LogP contribution in [0, 0.1) is 5.92 Å². The predicted molar refractivity (Wildman–Crippen MR) is 69.0 cm³/mol. The maximum absolute atomic E-state index is 12.0. The number of carbonyl (C=O) groups is 2. The molecule has 0 spiro atoms. The van der Waals surface area contributed by atoms with Crippen molar-refractivity contribution in [3.05, 3.63) is 0 Å². The van der Waals surface area contributed by atoms with Crippen LogP contribution in [0.1, 0.15) is 25.7 Å². The van der Waals surface area contributed by atoms with Gasteiger partial charge in [-0.1, -0.05) is 6.42 Å². The molecule has 1 saturated heterocycles. The first-order valence-corrected chi connectivity index (χ1v) is 6.89. The van der Waals surface area contributed by atoms with Crippen molar-refractivity contribution in [1.82, 2.24) is 15.1 Å². The molecule has 2 rings (SSSR count). The smallest absolute Gasteiger partial charge is 0.242 e. The summed E-state index contributed by atoms with van der Waals surface area (Å²) in [7, 11) is 1.74. The van der Waals surface area contributed by atoms with E-state index in [-0.39, 0.29) is 18.4 Å². The SMILES string of the molecule is CN(CC(=O)N1CCNCC1)C(=O)CC1CCC1. The summed E-state index contributed by atoms with van der Waals surface area (Å²) in [6.07, 6.45) is 4.21. The molecule has 5 heteroatoms. The van der Waals surface area contributed by atoms with Gasteiger partial charge >= 0.3 is 0 Å². The molecule has 102 valence electrons. The summed E-state index contributed by atoms with van der Waals surface area (Å²) < 4.78 is 0. The van der Waals surface area contributed by atoms with E-state index in [9.17, 15) is 9.59 Å². The molecule has 2 fully saturated rings. The minimum Gasteiger partial charge on any atom is -0.339 e. The van der Waals surface area contributed by atoms with Gasteiger partial charge in [-0.15, -0.1) is 0 Å². The minimum atomic E-state index is 0.0703. The molecule has 18 heavy (non-hydrogen) atoms. The van der Waals surface area contributed by atoms with Crippen molar-refractivity contribution >= 4 is 11.8 Å². The molecule has 0 aromatic rings. The second-order valence-corrected chi connectivity index (χ2v) is 5.38. The summed E-state index contributed by atoms with van der Waals surface area (Å²) in [5.74, 6) is 0.749. The number of amides is 2. The van der Waals surface area contributed by atoms with Crippen LogP contribution >= 0.6 is 0 Å². The number of carbonyl (C=O) groups excluding carboxylic acids is 2. The summed E-state index contributed by atoms with van der Waals surface area (Å²) in [4.78, 5) is 27.3. The van der Waals surface area contributed by atoms with Crippen LogP contribution in [0.5, 0.6) is 0 Å². The molecule has 1 heterocycles. The van der Waals surface area contributed by atoms with Crippen LogP contribution in [0.2, 0.25) is 0 Å². The normalized spacial score (nSPS) is 20.4. The fourth-order valence-electron chi connectivity index (χ4n) is 2.41. The standard InChI is InChI=1S/C13H23N3O2/c1-15(12(17)9-11-3-2-4-11)10-13(18)16-7-5-14-6-8-16/h11,14H,2-10H2,1H3. The minimum absolute atomic E-state index is 0.0703. The van der Waals surface area contributed by atoms with Crippen LogP contribution in [0.3, 0.4) is 0 Å². The van der Waals surface area contributed by atoms with Gasteiger partial charge in [-0.2, -0.15) is 0 Å². The van der Waals surface area contributed by atoms with Gasteiger partial charge in [0.15, 0.2) is 0 Å². The van der Waals surface area contributed by atoms with Gasteiger partial charge < -0.3 is 15.1 Å². The molecule has 2 amide bonds. The third kappa shape index (κ3) is 3.45. The lowest BCUT2D eigenvalue weighted by atomic mass is 9.83. The number of nitrogens with zero attached hydrogens (tertiary/aromatic N) is 2. The van der Waals surface area contributed by atoms with E-state index >= 15 is 0 Å². The highest BCUT2D eigenvalue weighted by Crippen LogP contribution is 2.29. The molecule has 0 aromatic carbocycles. The first kappa shape index (κ1) is 13.3. The van der Waals surface area contributed by atoms with Gasteiger partial charge in [-0.05, 0) is 18.8 Å². The van der Waals surface area contributed by atoms with Crippen molar-refractivity contribution in [1.29, 1.82) is 0 Å². The van der Waals surface area contributed by atoms with Crippen molar-refractivity contribution in [2.24, 2.45) is 5.92 Å². The molecule has 0 atom stereocenters. The largest absolute Gasteiger partial charge is 0.339 e. The molecule has 1 saturated carbocycles. The first-order valence-electron chi connectivity index (χ1n) is 6.89. The van der Waals surface area contributed by atoms with Crippen molar-refractivity contribution in [2.75, 3.05) is 39.8 Å². The van der Waals surface area contributed by atoms with E-state index in [0.717, 1.165) is 26.2 Å². The van der Waals surface area contributed by atoms with Gasteiger partial charge in [-0.25, -0.2) is 0 Å². The molecule has 5 nitrogen and oxygen atoms in total. The monoisotopic (exact) mass is 253 g/mol. The summed E-state index contributed by atoms with van der Waals surface area (Å²) in [6.45, 7) is 3.44. The number of hydrogen-bond donors (Lipinski definition) is 1. The van der Waals surface area contributed by atoms with Crippen LogP contribution in [0.4, 0.5) is 0 Å². The Morgan fingerprint density at radius 2 is 1.94 bits per heavy atom. The highest BCUT2D eigenvalue weighted by Gasteiger charge is 2.24. The van der Waals surface area contributed by atoms with E-state index < -0.39 is 0 Å². The van der Waals surface area contributed by atoms with Gasteiger partial charge in [0.05, 0.1) is 6.54 Å². The second-order valence-electron chi connectivity index (χ2n) is 5.38. The topological polar surface area (TPSA) is 52.7 Å². The van der Waals surface area contributed by atoms with Gasteiger partial charge in [0, 0.05) is 39.6 Å². The Hall–Kier alpha value is -1.10. The van der Waals surface area contributed by atoms with Gasteiger partial charge in [0.1, 0.15) is 0 Å². The molecule has 2 aliphatic rings. The van der Waals surface area contributed by atoms with E-state index in [1.54, 1.807) is 11.9 Å². The number of hydrogen-bond acceptors (Lipinski definition) is 3. The number of rotatable bonds is 4. The zero-order valence-electron chi connectivity index (χ0n) is 11.2. The number of nitrogens with one attached hydrogen (secondary N) is 1. The Morgan fingerprint density at radius 1 is 1.28 bits per heavy atom. The fourth-order valence-corrected chi connectivity index (χ4v) is 2.41. The van der Waals surface area contributed by atoms with Crippen LogP contribution in [-0.4, -0.2) is 61.4 Å². The Kier molecular flexibility index (Phi) is 4.58. The van der Waals surface area contributed by atoms with E-state index in [0.29, 0.717) is 12.3 Å². The molecule has 1 N–H and O–H groups in total. The Bertz CT molecular complexity index is 309.